The molecule has 0 aromatic heterocycles. The Bertz CT molecular complexity index is 172. The van der Waals surface area contributed by atoms with Crippen LogP contribution in [-0.4, -0.2) is 17.8 Å². The fourth-order valence-corrected chi connectivity index (χ4v) is 3.02. The third kappa shape index (κ3) is 4.42. The van der Waals surface area contributed by atoms with Crippen molar-refractivity contribution >= 4 is 0 Å². The highest BCUT2D eigenvalue weighted by Gasteiger charge is 2.27. The molecule has 2 atom stereocenters. The molecule has 2 heteroatoms. The van der Waals surface area contributed by atoms with E-state index < -0.39 is 0 Å². The van der Waals surface area contributed by atoms with Crippen molar-refractivity contribution in [1.29, 1.82) is 0 Å². The molecule has 2 nitrogen and oxygen atoms in total. The minimum Gasteiger partial charge on any atom is -0.393 e. The minimum atomic E-state index is -0.162. The summed E-state index contributed by atoms with van der Waals surface area (Å²) in [4.78, 5) is 0. The first-order valence-corrected chi connectivity index (χ1v) is 7.03. The van der Waals surface area contributed by atoms with Crippen LogP contribution < -0.4 is 5.73 Å². The Labute approximate surface area is 101 Å². The van der Waals surface area contributed by atoms with Gasteiger partial charge in [0, 0.05) is 0 Å². The molecule has 0 heterocycles. The van der Waals surface area contributed by atoms with Crippen LogP contribution in [0.2, 0.25) is 0 Å². The molecule has 16 heavy (non-hydrogen) atoms. The predicted octanol–water partition coefficient (Wildman–Crippen LogP) is 2.94. The molecule has 1 saturated carbocycles. The van der Waals surface area contributed by atoms with Gasteiger partial charge in [0.15, 0.2) is 0 Å². The van der Waals surface area contributed by atoms with Gasteiger partial charge in [-0.25, -0.2) is 0 Å². The Morgan fingerprint density at radius 2 is 1.69 bits per heavy atom. The second-order valence-corrected chi connectivity index (χ2v) is 5.87. The van der Waals surface area contributed by atoms with Crippen molar-refractivity contribution in [2.24, 2.45) is 23.5 Å². The summed E-state index contributed by atoms with van der Waals surface area (Å²) < 4.78 is 0. The van der Waals surface area contributed by atoms with Gasteiger partial charge in [0.25, 0.3) is 0 Å². The van der Waals surface area contributed by atoms with Crippen LogP contribution in [0.3, 0.4) is 0 Å². The number of aliphatic hydroxyl groups is 1. The summed E-state index contributed by atoms with van der Waals surface area (Å²) >= 11 is 0. The summed E-state index contributed by atoms with van der Waals surface area (Å²) in [5, 5.41) is 10.4. The Morgan fingerprint density at radius 3 is 2.12 bits per heavy atom. The normalized spacial score (nSPS) is 23.1. The van der Waals surface area contributed by atoms with E-state index in [9.17, 15) is 5.11 Å². The number of rotatable bonds is 5. The van der Waals surface area contributed by atoms with Crippen LogP contribution in [0.25, 0.3) is 0 Å². The zero-order valence-electron chi connectivity index (χ0n) is 11.0. The molecule has 1 fully saturated rings. The molecule has 0 saturated heterocycles. The first-order valence-electron chi connectivity index (χ1n) is 7.03. The van der Waals surface area contributed by atoms with Crippen LogP contribution in [0.5, 0.6) is 0 Å². The van der Waals surface area contributed by atoms with Gasteiger partial charge in [-0.2, -0.15) is 0 Å². The number of hydrogen-bond acceptors (Lipinski definition) is 2. The smallest absolute Gasteiger partial charge is 0.0608 e. The average Bonchev–Trinajstić information content (AvgIpc) is 2.53. The first-order chi connectivity index (χ1) is 7.65. The molecule has 0 bridgehead atoms. The highest BCUT2D eigenvalue weighted by molar-refractivity contribution is 4.79. The molecule has 1 rings (SSSR count). The van der Waals surface area contributed by atoms with Gasteiger partial charge < -0.3 is 10.8 Å². The van der Waals surface area contributed by atoms with Crippen LogP contribution >= 0.6 is 0 Å². The first kappa shape index (κ1) is 14.0. The van der Waals surface area contributed by atoms with Crippen molar-refractivity contribution in [3.63, 3.8) is 0 Å². The van der Waals surface area contributed by atoms with Gasteiger partial charge in [-0.05, 0) is 43.6 Å². The van der Waals surface area contributed by atoms with E-state index in [0.29, 0.717) is 24.3 Å². The molecule has 3 N–H and O–H groups in total. The average molecular weight is 227 g/mol. The van der Waals surface area contributed by atoms with Crippen LogP contribution in [0.15, 0.2) is 0 Å². The molecule has 0 spiro atoms. The Kier molecular flexibility index (Phi) is 6.37. The fourth-order valence-electron chi connectivity index (χ4n) is 3.02. The van der Waals surface area contributed by atoms with Gasteiger partial charge in [0.1, 0.15) is 0 Å². The lowest BCUT2D eigenvalue weighted by atomic mass is 9.82. The van der Waals surface area contributed by atoms with Gasteiger partial charge >= 0.3 is 0 Å². The maximum Gasteiger partial charge on any atom is 0.0608 e. The number of nitrogens with two attached hydrogens (primary N) is 1. The van der Waals surface area contributed by atoms with E-state index in [0.717, 1.165) is 6.42 Å². The Hall–Kier alpha value is -0.0800. The number of hydrogen-bond donors (Lipinski definition) is 2. The Morgan fingerprint density at radius 1 is 1.12 bits per heavy atom. The van der Waals surface area contributed by atoms with Gasteiger partial charge in [-0.15, -0.1) is 0 Å². The second kappa shape index (κ2) is 7.29. The third-order valence-corrected chi connectivity index (χ3v) is 3.94. The lowest BCUT2D eigenvalue weighted by Crippen LogP contribution is -2.35. The van der Waals surface area contributed by atoms with E-state index >= 15 is 0 Å². The quantitative estimate of drug-likeness (QED) is 0.709. The van der Waals surface area contributed by atoms with Crippen molar-refractivity contribution in [2.45, 2.75) is 64.9 Å². The molecule has 2 unspecified atom stereocenters. The van der Waals surface area contributed by atoms with Crippen molar-refractivity contribution in [1.82, 2.24) is 0 Å². The lowest BCUT2D eigenvalue weighted by molar-refractivity contribution is 0.0378. The molecule has 0 aromatic carbocycles. The topological polar surface area (TPSA) is 46.2 Å². The maximum atomic E-state index is 10.4. The van der Waals surface area contributed by atoms with E-state index in [-0.39, 0.29) is 6.10 Å². The summed E-state index contributed by atoms with van der Waals surface area (Å²) in [6.45, 7) is 5.06. The van der Waals surface area contributed by atoms with E-state index in [1.54, 1.807) is 0 Å². The van der Waals surface area contributed by atoms with E-state index in [1.807, 2.05) is 0 Å². The van der Waals surface area contributed by atoms with Crippen LogP contribution in [0.1, 0.15) is 58.8 Å². The summed E-state index contributed by atoms with van der Waals surface area (Å²) in [6.07, 6.45) is 8.59. The second-order valence-electron chi connectivity index (χ2n) is 5.87. The molecule has 0 radical (unpaired) electrons. The van der Waals surface area contributed by atoms with Crippen molar-refractivity contribution in [3.8, 4) is 0 Å². The zero-order chi connectivity index (χ0) is 12.0. The summed E-state index contributed by atoms with van der Waals surface area (Å²) in [7, 11) is 0. The van der Waals surface area contributed by atoms with Crippen molar-refractivity contribution < 1.29 is 5.11 Å². The molecular weight excluding hydrogens is 198 g/mol. The van der Waals surface area contributed by atoms with E-state index in [4.69, 9.17) is 5.73 Å². The summed E-state index contributed by atoms with van der Waals surface area (Å²) in [5.74, 6) is 1.45. The van der Waals surface area contributed by atoms with Crippen LogP contribution in [0.4, 0.5) is 0 Å². The van der Waals surface area contributed by atoms with E-state index in [1.165, 1.54) is 38.5 Å². The van der Waals surface area contributed by atoms with Crippen molar-refractivity contribution in [2.75, 3.05) is 6.54 Å². The largest absolute Gasteiger partial charge is 0.393 e. The molecule has 96 valence electrons. The number of aliphatic hydroxyl groups excluding tert-OH is 1. The summed E-state index contributed by atoms with van der Waals surface area (Å²) in [6, 6.07) is 0. The van der Waals surface area contributed by atoms with E-state index in [2.05, 4.69) is 13.8 Å². The molecule has 0 amide bonds. The summed E-state index contributed by atoms with van der Waals surface area (Å²) in [5.41, 5.74) is 5.81. The maximum absolute atomic E-state index is 10.4. The van der Waals surface area contributed by atoms with Crippen LogP contribution in [0, 0.1) is 17.8 Å². The van der Waals surface area contributed by atoms with Gasteiger partial charge in [-0.3, -0.25) is 0 Å². The molecular formula is C14H29NO. The van der Waals surface area contributed by atoms with Crippen molar-refractivity contribution in [3.05, 3.63) is 0 Å². The molecule has 1 aliphatic rings. The van der Waals surface area contributed by atoms with Gasteiger partial charge in [0.05, 0.1) is 6.10 Å². The zero-order valence-corrected chi connectivity index (χ0v) is 11.0. The highest BCUT2D eigenvalue weighted by atomic mass is 16.3. The monoisotopic (exact) mass is 227 g/mol. The predicted molar refractivity (Wildman–Crippen MR) is 69.2 cm³/mol. The molecule has 0 aliphatic heterocycles. The van der Waals surface area contributed by atoms with Crippen LogP contribution in [-0.2, 0) is 0 Å². The van der Waals surface area contributed by atoms with Gasteiger partial charge in [-0.1, -0.05) is 39.5 Å². The minimum absolute atomic E-state index is 0.162. The fraction of sp³-hybridized carbons (Fsp3) is 1.00. The Balaban J connectivity index is 2.47. The highest BCUT2D eigenvalue weighted by Crippen LogP contribution is 2.30. The molecule has 1 aliphatic carbocycles. The third-order valence-electron chi connectivity index (χ3n) is 3.94. The molecule has 0 aromatic rings. The standard InChI is InChI=1S/C14H29NO/c1-11(2)9-13(10-15)14(16)12-7-5-3-4-6-8-12/h11-14,16H,3-10,15H2,1-2H3. The SMILES string of the molecule is CC(C)CC(CN)C(O)C1CCCCCC1. The van der Waals surface area contributed by atoms with Gasteiger partial charge in [0.2, 0.25) is 0 Å². The lowest BCUT2D eigenvalue weighted by Gasteiger charge is -2.29.